The number of carbonyl (C=O) groups is 2. The summed E-state index contributed by atoms with van der Waals surface area (Å²) in [4.78, 5) is 21.2. The van der Waals surface area contributed by atoms with Crippen molar-refractivity contribution in [2.75, 3.05) is 83.1 Å². The van der Waals surface area contributed by atoms with Gasteiger partial charge in [-0.3, -0.25) is 4.79 Å². The largest absolute Gasteiger partial charge is 0.331 e. The number of likely N-dealkylation sites (N-methyl/N-ethyl adjacent to an activating group) is 1. The van der Waals surface area contributed by atoms with Crippen molar-refractivity contribution < 1.29 is 23.0 Å². The summed E-state index contributed by atoms with van der Waals surface area (Å²) in [7, 11) is 19.1. The van der Waals surface area contributed by atoms with Gasteiger partial charge >= 0.3 is 0 Å². The van der Waals surface area contributed by atoms with Crippen LogP contribution in [0.2, 0.25) is 0 Å². The van der Waals surface area contributed by atoms with E-state index in [9.17, 15) is 9.59 Å². The molecule has 0 radical (unpaired) electrons. The van der Waals surface area contributed by atoms with E-state index in [2.05, 4.69) is 56.1 Å². The van der Waals surface area contributed by atoms with Gasteiger partial charge in [-0.25, -0.2) is 0 Å². The molecule has 0 aromatic rings. The molecule has 0 aliphatic rings. The molecule has 0 amide bonds. The van der Waals surface area contributed by atoms with Crippen LogP contribution in [0.25, 0.3) is 0 Å². The monoisotopic (exact) mass is 376 g/mol. The van der Waals surface area contributed by atoms with Crippen LogP contribution in [0.1, 0.15) is 40.5 Å². The van der Waals surface area contributed by atoms with Crippen LogP contribution in [0, 0.1) is 5.92 Å². The molecule has 0 aliphatic heterocycles. The van der Waals surface area contributed by atoms with E-state index in [4.69, 9.17) is 0 Å². The number of hydrogen-bond donors (Lipinski definition) is 0. The Kier molecular flexibility index (Phi) is 15.4. The van der Waals surface area contributed by atoms with E-state index in [-0.39, 0.29) is 5.78 Å². The van der Waals surface area contributed by atoms with Crippen LogP contribution in [0.3, 0.4) is 0 Å². The SMILES string of the molecule is CC(=O)CC(C)C[N+](C)(C)C.CC(=O)C[N+](C)(C)C.CCC[N+](C)(C)C. The van der Waals surface area contributed by atoms with Crippen LogP contribution < -0.4 is 0 Å². The van der Waals surface area contributed by atoms with Crippen molar-refractivity contribution in [1.29, 1.82) is 0 Å². The van der Waals surface area contributed by atoms with Crippen LogP contribution in [-0.2, 0) is 9.59 Å². The molecule has 0 N–H and O–H groups in total. The summed E-state index contributed by atoms with van der Waals surface area (Å²) < 4.78 is 2.76. The van der Waals surface area contributed by atoms with E-state index in [1.807, 2.05) is 21.1 Å². The van der Waals surface area contributed by atoms with Gasteiger partial charge in [-0.05, 0) is 13.3 Å². The predicted molar refractivity (Wildman–Crippen MR) is 114 cm³/mol. The molecular formula is C21H50N3O2+3. The van der Waals surface area contributed by atoms with Crippen molar-refractivity contribution in [2.24, 2.45) is 5.92 Å². The first-order valence-electron chi connectivity index (χ1n) is 9.69. The van der Waals surface area contributed by atoms with E-state index in [1.165, 1.54) is 13.0 Å². The highest BCUT2D eigenvalue weighted by Gasteiger charge is 2.14. The highest BCUT2D eigenvalue weighted by molar-refractivity contribution is 5.76. The van der Waals surface area contributed by atoms with Crippen molar-refractivity contribution in [1.82, 2.24) is 0 Å². The topological polar surface area (TPSA) is 34.1 Å². The predicted octanol–water partition coefficient (Wildman–Crippen LogP) is 2.69. The molecule has 0 heterocycles. The maximum absolute atomic E-state index is 10.7. The second kappa shape index (κ2) is 13.4. The highest BCUT2D eigenvalue weighted by atomic mass is 16.1. The summed E-state index contributed by atoms with van der Waals surface area (Å²) in [6.45, 7) is 10.6. The van der Waals surface area contributed by atoms with Crippen molar-refractivity contribution >= 4 is 11.6 Å². The zero-order valence-electron chi connectivity index (χ0n) is 20.3. The third-order valence-electron chi connectivity index (χ3n) is 3.09. The van der Waals surface area contributed by atoms with Gasteiger partial charge in [0.2, 0.25) is 0 Å². The van der Waals surface area contributed by atoms with E-state index in [0.717, 1.165) is 26.4 Å². The fraction of sp³-hybridized carbons (Fsp3) is 0.905. The van der Waals surface area contributed by atoms with Gasteiger partial charge in [0.15, 0.2) is 5.78 Å². The lowest BCUT2D eigenvalue weighted by Crippen LogP contribution is -2.38. The first kappa shape index (κ1) is 30.0. The summed E-state index contributed by atoms with van der Waals surface area (Å²) in [6.07, 6.45) is 2.00. The fourth-order valence-electron chi connectivity index (χ4n) is 2.83. The van der Waals surface area contributed by atoms with Crippen LogP contribution in [0.15, 0.2) is 0 Å². The molecule has 1 atom stereocenters. The zero-order valence-corrected chi connectivity index (χ0v) is 20.3. The van der Waals surface area contributed by atoms with Crippen LogP contribution in [0.4, 0.5) is 0 Å². The van der Waals surface area contributed by atoms with Gasteiger partial charge in [-0.2, -0.15) is 0 Å². The number of hydrogen-bond acceptors (Lipinski definition) is 2. The van der Waals surface area contributed by atoms with Gasteiger partial charge in [0.05, 0.1) is 76.5 Å². The maximum atomic E-state index is 10.7. The summed E-state index contributed by atoms with van der Waals surface area (Å²) in [5.74, 6) is 1.05. The van der Waals surface area contributed by atoms with Gasteiger partial charge in [-0.1, -0.05) is 13.8 Å². The molecule has 0 aromatic heterocycles. The van der Waals surface area contributed by atoms with Crippen molar-refractivity contribution in [2.45, 2.75) is 40.5 Å². The van der Waals surface area contributed by atoms with Gasteiger partial charge in [0.25, 0.3) is 0 Å². The Bertz CT molecular complexity index is 386. The third kappa shape index (κ3) is 38.7. The molecule has 5 heteroatoms. The summed E-state index contributed by atoms with van der Waals surface area (Å²) in [5.41, 5.74) is 0. The van der Waals surface area contributed by atoms with Crippen molar-refractivity contribution in [3.05, 3.63) is 0 Å². The van der Waals surface area contributed by atoms with Crippen LogP contribution >= 0.6 is 0 Å². The molecule has 0 bridgehead atoms. The second-order valence-corrected chi connectivity index (χ2v) is 10.6. The number of quaternary nitrogens is 3. The molecule has 0 aliphatic carbocycles. The standard InChI is InChI=1S/C9H20NO.C6H14NO.C6H16N/c1-8(6-9(2)11)7-10(3,4)5;1-6(8)5-7(2,3)4;1-5-6-7(2,3)4/h8H,6-7H2,1-5H3;5H2,1-4H3;5-6H2,1-4H3/q3*+1. The van der Waals surface area contributed by atoms with Gasteiger partial charge < -0.3 is 18.2 Å². The van der Waals surface area contributed by atoms with Gasteiger partial charge in [-0.15, -0.1) is 0 Å². The number of ketones is 2. The minimum Gasteiger partial charge on any atom is -0.331 e. The molecule has 0 saturated heterocycles. The Hall–Kier alpha value is -0.780. The average Bonchev–Trinajstić information content (AvgIpc) is 2.19. The van der Waals surface area contributed by atoms with E-state index >= 15 is 0 Å². The smallest absolute Gasteiger partial charge is 0.183 e. The fourth-order valence-corrected chi connectivity index (χ4v) is 2.83. The summed E-state index contributed by atoms with van der Waals surface area (Å²) in [5, 5.41) is 0. The summed E-state index contributed by atoms with van der Waals surface area (Å²) >= 11 is 0. The highest BCUT2D eigenvalue weighted by Crippen LogP contribution is 2.06. The minimum absolute atomic E-state index is 0.248. The molecule has 0 rings (SSSR count). The Morgan fingerprint density at radius 3 is 1.27 bits per heavy atom. The lowest BCUT2D eigenvalue weighted by molar-refractivity contribution is -0.873. The Morgan fingerprint density at radius 1 is 0.731 bits per heavy atom. The minimum atomic E-state index is 0.248. The molecule has 0 aromatic carbocycles. The van der Waals surface area contributed by atoms with Crippen LogP contribution in [0.5, 0.6) is 0 Å². The quantitative estimate of drug-likeness (QED) is 0.610. The normalized spacial score (nSPS) is 13.0. The third-order valence-corrected chi connectivity index (χ3v) is 3.09. The van der Waals surface area contributed by atoms with Crippen molar-refractivity contribution in [3.63, 3.8) is 0 Å². The molecule has 0 spiro atoms. The number of rotatable bonds is 8. The Balaban J connectivity index is -0.000000315. The molecule has 0 saturated carbocycles. The second-order valence-electron chi connectivity index (χ2n) is 10.6. The maximum Gasteiger partial charge on any atom is 0.183 e. The van der Waals surface area contributed by atoms with Crippen LogP contribution in [-0.4, -0.2) is 108 Å². The van der Waals surface area contributed by atoms with E-state index < -0.39 is 0 Å². The first-order chi connectivity index (χ1) is 11.3. The number of Topliss-reactive ketones (excluding diaryl/α,β-unsaturated/α-hetero) is 2. The van der Waals surface area contributed by atoms with Gasteiger partial charge in [0, 0.05) is 19.3 Å². The molecule has 0 fully saturated rings. The van der Waals surface area contributed by atoms with E-state index in [0.29, 0.717) is 18.2 Å². The summed E-state index contributed by atoms with van der Waals surface area (Å²) in [6, 6.07) is 0. The Morgan fingerprint density at radius 2 is 1.15 bits per heavy atom. The zero-order chi connectivity index (χ0) is 21.8. The van der Waals surface area contributed by atoms with Crippen molar-refractivity contribution in [3.8, 4) is 0 Å². The number of nitrogens with zero attached hydrogens (tertiary/aromatic N) is 3. The lowest BCUT2D eigenvalue weighted by atomic mass is 10.0. The Labute approximate surface area is 164 Å². The average molecular weight is 377 g/mol. The van der Waals surface area contributed by atoms with E-state index in [1.54, 1.807) is 13.8 Å². The van der Waals surface area contributed by atoms with Gasteiger partial charge in [0.1, 0.15) is 12.3 Å². The first-order valence-corrected chi connectivity index (χ1v) is 9.69. The molecule has 5 nitrogen and oxygen atoms in total. The number of carbonyl (C=O) groups excluding carboxylic acids is 2. The molecular weight excluding hydrogens is 326 g/mol. The molecule has 158 valence electrons. The molecule has 26 heavy (non-hydrogen) atoms. The lowest BCUT2D eigenvalue weighted by Gasteiger charge is -2.26. The molecule has 1 unspecified atom stereocenters.